The van der Waals surface area contributed by atoms with Gasteiger partial charge in [0.05, 0.1) is 223 Å². The maximum atomic E-state index is 14.1. The number of methoxy groups -OCH3 is 1. The number of carbonyl (C=O) groups excluding carboxylic acids is 5. The molecule has 99 heavy (non-hydrogen) atoms. The number of ketones is 1. The van der Waals surface area contributed by atoms with Gasteiger partial charge in [0.2, 0.25) is 17.7 Å². The molecule has 40 heteroatoms. The van der Waals surface area contributed by atoms with E-state index < -0.39 is 288 Å². The van der Waals surface area contributed by atoms with Crippen LogP contribution >= 0.6 is 0 Å². The highest BCUT2D eigenvalue weighted by molar-refractivity contribution is 5.80. The number of carbonyl (C=O) groups is 14. The molecule has 0 aromatic heterocycles. The van der Waals surface area contributed by atoms with Gasteiger partial charge in [-0.05, 0) is 6.42 Å². The van der Waals surface area contributed by atoms with Crippen molar-refractivity contribution in [2.45, 2.75) is 113 Å². The number of Topliss-reactive ketones (excluding diaryl/α,β-unsaturated/α-hetero) is 1. The fourth-order valence-corrected chi connectivity index (χ4v) is 8.31. The van der Waals surface area contributed by atoms with Crippen LogP contribution in [0.1, 0.15) is 96.3 Å². The minimum Gasteiger partial charge on any atom is -0.481 e. The zero-order chi connectivity index (χ0) is 74.4. The van der Waals surface area contributed by atoms with Crippen LogP contribution in [-0.4, -0.2) is 318 Å². The van der Waals surface area contributed by atoms with Crippen molar-refractivity contribution >= 4 is 83.3 Å². The Bertz CT molecular complexity index is 2090. The summed E-state index contributed by atoms with van der Waals surface area (Å²) in [5.74, 6) is -14.1. The molecule has 568 valence electrons. The van der Waals surface area contributed by atoms with Crippen LogP contribution in [0.4, 0.5) is 4.79 Å². The van der Waals surface area contributed by atoms with Crippen LogP contribution in [0.25, 0.3) is 0 Å². The van der Waals surface area contributed by atoms with E-state index in [1.54, 1.807) is 0 Å². The highest BCUT2D eigenvalue weighted by Gasteiger charge is 2.39. The van der Waals surface area contributed by atoms with Gasteiger partial charge in [-0.15, -0.1) is 0 Å². The predicted molar refractivity (Wildman–Crippen MR) is 328 cm³/mol. The first-order valence-electron chi connectivity index (χ1n) is 31.1. The van der Waals surface area contributed by atoms with Crippen LogP contribution in [0, 0.1) is 5.41 Å². The number of ether oxygens (including phenoxy) is 13. The average molecular weight is 1440 g/mol. The minimum atomic E-state index is -1.70. The highest BCUT2D eigenvalue weighted by atomic mass is 16.6. The molecule has 0 heterocycles. The summed E-state index contributed by atoms with van der Waals surface area (Å²) < 4.78 is 72.9. The number of carboxylic acid groups (broad SMARTS) is 9. The molecule has 0 aliphatic rings. The van der Waals surface area contributed by atoms with Crippen LogP contribution < -0.4 is 21.3 Å². The maximum Gasteiger partial charge on any atom is 0.406 e. The Balaban J connectivity index is 7.56. The first-order valence-corrected chi connectivity index (χ1v) is 31.1. The van der Waals surface area contributed by atoms with Gasteiger partial charge >= 0.3 is 59.8 Å². The summed E-state index contributed by atoms with van der Waals surface area (Å²) in [7, 11) is 1.12. The zero-order valence-electron chi connectivity index (χ0n) is 55.3. The molecule has 13 N–H and O–H groups in total. The monoisotopic (exact) mass is 1440 g/mol. The molecule has 0 aromatic carbocycles. The SMILES string of the molecule is COC(=O)NCCCC(=O)CC(COCCC(=O)NC(COCCC(=O)O)(COCCC(=O)O)COCCC(=O)O)(COCCC(=O)NC(COCCC(=O)O)(COCCC(=O)O)COCCC(=O)O)COCCC(=O)NC(COCCC(=O)O)(COCCC(=O)O)COCCC(=O)O. The van der Waals surface area contributed by atoms with Crippen molar-refractivity contribution in [3.05, 3.63) is 0 Å². The van der Waals surface area contributed by atoms with Gasteiger partial charge < -0.3 is 129 Å². The number of alkyl carbamates (subject to hydrolysis) is 1. The standard InChI is InChI=1S/C59H96N4O36/c1-87-55(86)60-16-2-3-42(64)29-56(30-88-17-4-43(65)61-57(33-91-20-7-46(68)69,34-92-21-8-47(70)71)35-93-22-9-48(72)73,31-89-18-5-44(66)62-58(36-94-23-10-49(74)75,37-95-24-11-50(76)77)38-96-25-12-51(78)79)32-90-19-6-45(67)63-59(39-97-26-13-52(80)81,40-98-27-14-53(82)83)41-99-28-15-54(84)85/h2-41H2,1H3,(H,60,86)(H,61,65)(H,62,66)(H,63,67)(H,68,69)(H,70,71)(H,72,73)(H,74,75)(H,76,77)(H,78,79)(H,80,81)(H,82,83)(H,84,85). The summed E-state index contributed by atoms with van der Waals surface area (Å²) in [5, 5.41) is 93.5. The number of hydrogen-bond acceptors (Lipinski definition) is 27. The van der Waals surface area contributed by atoms with E-state index in [0.29, 0.717) is 0 Å². The fraction of sp³-hybridized carbons (Fsp3) is 0.763. The molecule has 4 amide bonds. The van der Waals surface area contributed by atoms with Gasteiger partial charge in [-0.1, -0.05) is 0 Å². The normalized spacial score (nSPS) is 11.7. The Hall–Kier alpha value is -7.90. The fourth-order valence-electron chi connectivity index (χ4n) is 8.31. The smallest absolute Gasteiger partial charge is 0.406 e. The lowest BCUT2D eigenvalue weighted by molar-refractivity contribution is -0.142. The molecule has 0 rings (SSSR count). The summed E-state index contributed by atoms with van der Waals surface area (Å²) in [6.45, 7) is -11.0. The lowest BCUT2D eigenvalue weighted by Gasteiger charge is -2.35. The molecule has 40 nitrogen and oxygen atoms in total. The number of carboxylic acids is 9. The summed E-state index contributed by atoms with van der Waals surface area (Å²) in [5.41, 5.74) is -6.74. The van der Waals surface area contributed by atoms with Crippen LogP contribution in [-0.2, 0) is 124 Å². The van der Waals surface area contributed by atoms with Gasteiger partial charge in [-0.3, -0.25) is 62.3 Å². The number of rotatable bonds is 69. The largest absolute Gasteiger partial charge is 0.481 e. The summed E-state index contributed by atoms with van der Waals surface area (Å²) in [4.78, 5) is 169. The Morgan fingerprint density at radius 3 is 0.657 bits per heavy atom. The van der Waals surface area contributed by atoms with Gasteiger partial charge in [0.1, 0.15) is 22.4 Å². The summed E-state index contributed by atoms with van der Waals surface area (Å²) >= 11 is 0. The van der Waals surface area contributed by atoms with E-state index in [1.165, 1.54) is 0 Å². The van der Waals surface area contributed by atoms with Crippen molar-refractivity contribution in [3.63, 3.8) is 0 Å². The summed E-state index contributed by atoms with van der Waals surface area (Å²) in [6.07, 6.45) is -7.36. The van der Waals surface area contributed by atoms with E-state index in [-0.39, 0.29) is 78.8 Å². The molecular weight excluding hydrogens is 1340 g/mol. The third kappa shape index (κ3) is 51.0. The quantitative estimate of drug-likeness (QED) is 0.0301. The molecule has 0 bridgehead atoms. The van der Waals surface area contributed by atoms with Crippen molar-refractivity contribution in [1.82, 2.24) is 21.3 Å². The first-order chi connectivity index (χ1) is 46.9. The Kier molecular flexibility index (Phi) is 49.7. The highest BCUT2D eigenvalue weighted by Crippen LogP contribution is 2.27. The molecule has 0 unspecified atom stereocenters. The summed E-state index contributed by atoms with van der Waals surface area (Å²) in [6, 6.07) is 0. The number of aliphatic carboxylic acids is 9. The molecule has 0 aliphatic heterocycles. The second-order valence-electron chi connectivity index (χ2n) is 22.4. The molecule has 0 radical (unpaired) electrons. The van der Waals surface area contributed by atoms with Crippen molar-refractivity contribution < 1.29 is 175 Å². The van der Waals surface area contributed by atoms with Crippen LogP contribution in [0.5, 0.6) is 0 Å². The van der Waals surface area contributed by atoms with E-state index in [1.807, 2.05) is 0 Å². The molecule has 0 fully saturated rings. The van der Waals surface area contributed by atoms with Gasteiger partial charge in [-0.2, -0.15) is 0 Å². The van der Waals surface area contributed by atoms with Crippen molar-refractivity contribution in [2.24, 2.45) is 5.41 Å². The molecule has 0 atom stereocenters. The predicted octanol–water partition coefficient (Wildman–Crippen LogP) is -1.73. The maximum absolute atomic E-state index is 14.1. The van der Waals surface area contributed by atoms with Crippen molar-refractivity contribution in [2.75, 3.05) is 172 Å². The third-order valence-electron chi connectivity index (χ3n) is 13.1. The Labute approximate surface area is 568 Å². The number of hydrogen-bond donors (Lipinski definition) is 13. The first kappa shape index (κ1) is 91.1. The van der Waals surface area contributed by atoms with E-state index in [0.717, 1.165) is 7.11 Å². The molecule has 0 aliphatic carbocycles. The average Bonchev–Trinajstić information content (AvgIpc) is 0.883. The molecule has 0 spiro atoms. The second kappa shape index (κ2) is 54.0. The molecular formula is C59H96N4O36. The third-order valence-corrected chi connectivity index (χ3v) is 13.1. The van der Waals surface area contributed by atoms with Crippen molar-refractivity contribution in [1.29, 1.82) is 0 Å². The second-order valence-corrected chi connectivity index (χ2v) is 22.4. The molecule has 0 saturated carbocycles. The zero-order valence-corrected chi connectivity index (χ0v) is 55.3. The molecule has 0 saturated heterocycles. The van der Waals surface area contributed by atoms with E-state index in [2.05, 4.69) is 26.0 Å². The van der Waals surface area contributed by atoms with E-state index >= 15 is 0 Å². The van der Waals surface area contributed by atoms with Gasteiger partial charge in [0.15, 0.2) is 0 Å². The lowest BCUT2D eigenvalue weighted by atomic mass is 9.84. The Morgan fingerprint density at radius 2 is 0.465 bits per heavy atom. The van der Waals surface area contributed by atoms with E-state index in [4.69, 9.17) is 56.8 Å². The van der Waals surface area contributed by atoms with Gasteiger partial charge in [0.25, 0.3) is 0 Å². The van der Waals surface area contributed by atoms with Crippen LogP contribution in [0.2, 0.25) is 0 Å². The van der Waals surface area contributed by atoms with E-state index in [9.17, 15) is 113 Å². The Morgan fingerprint density at radius 1 is 0.273 bits per heavy atom. The van der Waals surface area contributed by atoms with Crippen LogP contribution in [0.3, 0.4) is 0 Å². The number of amides is 4. The van der Waals surface area contributed by atoms with Crippen molar-refractivity contribution in [3.8, 4) is 0 Å². The molecule has 0 aromatic rings. The van der Waals surface area contributed by atoms with Crippen LogP contribution in [0.15, 0.2) is 0 Å². The van der Waals surface area contributed by atoms with Gasteiger partial charge in [-0.25, -0.2) is 4.79 Å². The van der Waals surface area contributed by atoms with Gasteiger partial charge in [0, 0.05) is 44.1 Å². The number of nitrogens with one attached hydrogen (secondary N) is 4. The minimum absolute atomic E-state index is 0.0435. The lowest BCUT2D eigenvalue weighted by Crippen LogP contribution is -2.59. The topological polar surface area (TPSA) is 589 Å².